The molecule has 0 amide bonds. The monoisotopic (exact) mass is 450 g/mol. The maximum absolute atomic E-state index is 5.66. The summed E-state index contributed by atoms with van der Waals surface area (Å²) < 4.78 is 13.5. The van der Waals surface area contributed by atoms with Crippen molar-refractivity contribution in [3.63, 3.8) is 0 Å². The van der Waals surface area contributed by atoms with Crippen LogP contribution in [0.15, 0.2) is 71.2 Å². The van der Waals surface area contributed by atoms with Crippen LogP contribution in [0.3, 0.4) is 0 Å². The zero-order valence-electron chi connectivity index (χ0n) is 16.4. The number of ether oxygens (including phenoxy) is 2. The van der Waals surface area contributed by atoms with E-state index in [2.05, 4.69) is 82.7 Å². The Labute approximate surface area is 180 Å². The van der Waals surface area contributed by atoms with Gasteiger partial charge in [0.05, 0.1) is 13.1 Å². The van der Waals surface area contributed by atoms with Crippen LogP contribution in [0.5, 0.6) is 11.5 Å². The Bertz CT molecular complexity index is 1000. The minimum absolute atomic E-state index is 0.338. The van der Waals surface area contributed by atoms with E-state index in [1.54, 1.807) is 0 Å². The van der Waals surface area contributed by atoms with Crippen molar-refractivity contribution in [2.75, 3.05) is 19.9 Å². The summed E-state index contributed by atoms with van der Waals surface area (Å²) in [5.41, 5.74) is 5.63. The van der Waals surface area contributed by atoms with Crippen LogP contribution < -0.4 is 9.47 Å². The van der Waals surface area contributed by atoms with Crippen LogP contribution in [0.1, 0.15) is 22.3 Å². The molecule has 0 bridgehead atoms. The predicted molar refractivity (Wildman–Crippen MR) is 118 cm³/mol. The van der Waals surface area contributed by atoms with Crippen molar-refractivity contribution in [3.05, 3.63) is 93.5 Å². The first-order valence-electron chi connectivity index (χ1n) is 10.2. The third-order valence-corrected chi connectivity index (χ3v) is 6.73. The molecule has 1 unspecified atom stereocenters. The van der Waals surface area contributed by atoms with Gasteiger partial charge in [0.2, 0.25) is 6.79 Å². The topological polar surface area (TPSA) is 18.5 Å². The highest BCUT2D eigenvalue weighted by molar-refractivity contribution is 9.10. The van der Waals surface area contributed by atoms with Gasteiger partial charge in [-0.05, 0) is 35.4 Å². The van der Waals surface area contributed by atoms with Gasteiger partial charge in [0, 0.05) is 28.4 Å². The molecule has 0 aliphatic carbocycles. The molecule has 3 aromatic rings. The van der Waals surface area contributed by atoms with Gasteiger partial charge in [0.15, 0.2) is 11.5 Å². The number of rotatable bonds is 5. The molecule has 29 heavy (non-hydrogen) atoms. The van der Waals surface area contributed by atoms with Crippen molar-refractivity contribution in [2.24, 2.45) is 0 Å². The molecule has 0 spiro atoms. The molecule has 0 fully saturated rings. The lowest BCUT2D eigenvalue weighted by atomic mass is 9.95. The van der Waals surface area contributed by atoms with Crippen LogP contribution in [-0.4, -0.2) is 24.4 Å². The summed E-state index contributed by atoms with van der Waals surface area (Å²) in [6.45, 7) is 4.71. The quantitative estimate of drug-likeness (QED) is 0.478. The van der Waals surface area contributed by atoms with E-state index in [-0.39, 0.29) is 0 Å². The van der Waals surface area contributed by atoms with Gasteiger partial charge in [0.25, 0.3) is 0 Å². The molecular weight excluding hydrogens is 426 g/mol. The third kappa shape index (κ3) is 4.05. The molecule has 0 radical (unpaired) electrons. The number of benzene rings is 3. The molecule has 1 atom stereocenters. The summed E-state index contributed by atoms with van der Waals surface area (Å²) in [6, 6.07) is 24.1. The first-order chi connectivity index (χ1) is 14.2. The number of hydrogen-bond acceptors (Lipinski definition) is 2. The van der Waals surface area contributed by atoms with E-state index >= 15 is 0 Å². The zero-order chi connectivity index (χ0) is 19.7. The Kier molecular flexibility index (Phi) is 5.06. The Hall–Kier alpha value is -2.30. The molecule has 2 heterocycles. The molecule has 2 aliphatic rings. The summed E-state index contributed by atoms with van der Waals surface area (Å²) in [7, 11) is 0. The average molecular weight is 451 g/mol. The molecule has 3 nitrogen and oxygen atoms in total. The van der Waals surface area contributed by atoms with Gasteiger partial charge in [-0.2, -0.15) is 0 Å². The van der Waals surface area contributed by atoms with E-state index in [1.165, 1.54) is 22.3 Å². The lowest BCUT2D eigenvalue weighted by molar-refractivity contribution is -0.955. The van der Waals surface area contributed by atoms with E-state index in [1.807, 2.05) is 0 Å². The van der Waals surface area contributed by atoms with Crippen molar-refractivity contribution in [1.29, 1.82) is 0 Å². The number of halogens is 1. The highest BCUT2D eigenvalue weighted by Crippen LogP contribution is 2.39. The summed E-state index contributed by atoms with van der Waals surface area (Å²) in [5, 5.41) is 0. The Morgan fingerprint density at radius 2 is 1.55 bits per heavy atom. The fourth-order valence-corrected chi connectivity index (χ4v) is 4.86. The van der Waals surface area contributed by atoms with Crippen LogP contribution in [-0.2, 0) is 25.9 Å². The second kappa shape index (κ2) is 7.85. The van der Waals surface area contributed by atoms with E-state index in [9.17, 15) is 0 Å². The molecule has 0 aromatic heterocycles. The minimum Gasteiger partial charge on any atom is -0.454 e. The summed E-state index contributed by atoms with van der Waals surface area (Å²) in [6.07, 6.45) is 2.18. The molecule has 3 aromatic carbocycles. The molecule has 2 aliphatic heterocycles. The predicted octanol–water partition coefficient (Wildman–Crippen LogP) is 5.49. The highest BCUT2D eigenvalue weighted by Gasteiger charge is 2.34. The molecule has 0 saturated heterocycles. The van der Waals surface area contributed by atoms with Gasteiger partial charge in [-0.3, -0.25) is 0 Å². The zero-order valence-corrected chi connectivity index (χ0v) is 18.0. The fraction of sp³-hybridized carbons (Fsp3) is 0.280. The van der Waals surface area contributed by atoms with Gasteiger partial charge >= 0.3 is 0 Å². The van der Waals surface area contributed by atoms with Crippen molar-refractivity contribution < 1.29 is 14.0 Å². The second-order valence-corrected chi connectivity index (χ2v) is 9.11. The standard InChI is InChI=1S/C25H25BrNO2/c26-23-8-6-20(7-9-23)16-27(12-10-19-4-2-1-3-5-19)13-11-21-14-24-25(29-18-28-24)15-22(21)17-27/h1-9,14-15H,10-13,16-18H2/q+1. The Morgan fingerprint density at radius 1 is 0.828 bits per heavy atom. The normalized spacial score (nSPS) is 19.8. The van der Waals surface area contributed by atoms with Crippen LogP contribution in [0.25, 0.3) is 0 Å². The summed E-state index contributed by atoms with van der Waals surface area (Å²) >= 11 is 3.56. The lowest BCUT2D eigenvalue weighted by Gasteiger charge is -2.42. The second-order valence-electron chi connectivity index (χ2n) is 8.19. The Balaban J connectivity index is 1.44. The third-order valence-electron chi connectivity index (χ3n) is 6.20. The van der Waals surface area contributed by atoms with E-state index in [4.69, 9.17) is 9.47 Å². The first kappa shape index (κ1) is 18.7. The maximum atomic E-state index is 5.66. The minimum atomic E-state index is 0.338. The van der Waals surface area contributed by atoms with Crippen molar-refractivity contribution in [3.8, 4) is 11.5 Å². The average Bonchev–Trinajstić information content (AvgIpc) is 3.20. The van der Waals surface area contributed by atoms with Crippen molar-refractivity contribution in [2.45, 2.75) is 25.9 Å². The van der Waals surface area contributed by atoms with Crippen LogP contribution >= 0.6 is 15.9 Å². The lowest BCUT2D eigenvalue weighted by Crippen LogP contribution is -2.51. The number of quaternary nitrogens is 1. The van der Waals surface area contributed by atoms with Gasteiger partial charge in [-0.25, -0.2) is 0 Å². The van der Waals surface area contributed by atoms with Crippen LogP contribution in [0, 0.1) is 0 Å². The summed E-state index contributed by atoms with van der Waals surface area (Å²) in [5.74, 6) is 1.80. The highest BCUT2D eigenvalue weighted by atomic mass is 79.9. The molecule has 0 N–H and O–H groups in total. The Morgan fingerprint density at radius 3 is 2.31 bits per heavy atom. The van der Waals surface area contributed by atoms with Crippen LogP contribution in [0.4, 0.5) is 0 Å². The smallest absolute Gasteiger partial charge is 0.231 e. The molecular formula is C25H25BrNO2+. The van der Waals surface area contributed by atoms with Crippen molar-refractivity contribution in [1.82, 2.24) is 0 Å². The molecule has 5 rings (SSSR count). The van der Waals surface area contributed by atoms with Crippen LogP contribution in [0.2, 0.25) is 0 Å². The maximum Gasteiger partial charge on any atom is 0.231 e. The van der Waals surface area contributed by atoms with Gasteiger partial charge < -0.3 is 14.0 Å². The van der Waals surface area contributed by atoms with E-state index in [0.29, 0.717) is 6.79 Å². The largest absolute Gasteiger partial charge is 0.454 e. The number of fused-ring (bicyclic) bond motifs is 2. The van der Waals surface area contributed by atoms with Gasteiger partial charge in [-0.15, -0.1) is 0 Å². The fourth-order valence-electron chi connectivity index (χ4n) is 4.60. The number of hydrogen-bond donors (Lipinski definition) is 0. The SMILES string of the molecule is Brc1ccc(C[N+]2(CCc3ccccc3)CCc3cc4c(cc3C2)OCO4)cc1. The summed E-state index contributed by atoms with van der Waals surface area (Å²) in [4.78, 5) is 0. The van der Waals surface area contributed by atoms with E-state index in [0.717, 1.165) is 59.5 Å². The van der Waals surface area contributed by atoms with E-state index < -0.39 is 0 Å². The van der Waals surface area contributed by atoms with Gasteiger partial charge in [-0.1, -0.05) is 58.4 Å². The first-order valence-corrected chi connectivity index (χ1v) is 11.0. The molecule has 4 heteroatoms. The van der Waals surface area contributed by atoms with Crippen molar-refractivity contribution >= 4 is 15.9 Å². The number of nitrogens with zero attached hydrogens (tertiary/aromatic N) is 1. The molecule has 148 valence electrons. The molecule has 0 saturated carbocycles. The van der Waals surface area contributed by atoms with Gasteiger partial charge in [0.1, 0.15) is 13.1 Å².